The van der Waals surface area contributed by atoms with Crippen LogP contribution in [0.3, 0.4) is 0 Å². The number of carbonyl (C=O) groups is 1. The minimum absolute atomic E-state index is 0.0200. The summed E-state index contributed by atoms with van der Waals surface area (Å²) in [7, 11) is 2.21. The van der Waals surface area contributed by atoms with Gasteiger partial charge < -0.3 is 36.2 Å². The molecule has 3 aliphatic rings. The molecule has 4 heterocycles. The lowest BCUT2D eigenvalue weighted by Crippen LogP contribution is -2.52. The van der Waals surface area contributed by atoms with E-state index in [1.165, 1.54) is 0 Å². The molecule has 3 fully saturated rings. The molecule has 5 N–H and O–H groups in total. The first-order valence-electron chi connectivity index (χ1n) is 15.7. The number of nitrogens with one attached hydrogen (secondary N) is 3. The summed E-state index contributed by atoms with van der Waals surface area (Å²) in [5.74, 6) is 1.25. The zero-order valence-corrected chi connectivity index (χ0v) is 25.8. The smallest absolute Gasteiger partial charge is 0.271 e. The third kappa shape index (κ3) is 7.43. The molecular formula is C31H49N9O2. The van der Waals surface area contributed by atoms with Crippen molar-refractivity contribution in [2.24, 2.45) is 5.73 Å². The van der Waals surface area contributed by atoms with Gasteiger partial charge in [-0.05, 0) is 71.7 Å². The predicted molar refractivity (Wildman–Crippen MR) is 169 cm³/mol. The Morgan fingerprint density at radius 1 is 1.10 bits per heavy atom. The Hall–Kier alpha value is -3.15. The van der Waals surface area contributed by atoms with Crippen molar-refractivity contribution in [3.05, 3.63) is 29.6 Å². The first-order chi connectivity index (χ1) is 20.3. The molecule has 11 nitrogen and oxygen atoms in total. The molecule has 11 heteroatoms. The number of aromatic nitrogens is 2. The maximum Gasteiger partial charge on any atom is 0.271 e. The van der Waals surface area contributed by atoms with E-state index in [0.29, 0.717) is 24.1 Å². The van der Waals surface area contributed by atoms with E-state index in [1.54, 1.807) is 0 Å². The Bertz CT molecular complexity index is 1200. The van der Waals surface area contributed by atoms with Crippen molar-refractivity contribution in [2.75, 3.05) is 74.9 Å². The van der Waals surface area contributed by atoms with Gasteiger partial charge in [0.25, 0.3) is 5.91 Å². The fourth-order valence-electron chi connectivity index (χ4n) is 6.26. The third-order valence-electron chi connectivity index (χ3n) is 8.62. The number of rotatable bonds is 10. The number of nitrogens with zero attached hydrogens (tertiary/aromatic N) is 5. The fourth-order valence-corrected chi connectivity index (χ4v) is 6.26. The summed E-state index contributed by atoms with van der Waals surface area (Å²) in [6.45, 7) is 14.6. The number of piperidine rings is 2. The van der Waals surface area contributed by atoms with Gasteiger partial charge in [-0.3, -0.25) is 9.69 Å². The number of hydrogen-bond acceptors (Lipinski definition) is 10. The van der Waals surface area contributed by atoms with E-state index < -0.39 is 5.91 Å². The second kappa shape index (κ2) is 13.9. The van der Waals surface area contributed by atoms with Crippen LogP contribution in [0.5, 0.6) is 5.75 Å². The van der Waals surface area contributed by atoms with Gasteiger partial charge in [0, 0.05) is 69.7 Å². The molecule has 0 saturated carbocycles. The van der Waals surface area contributed by atoms with Gasteiger partial charge in [0.05, 0.1) is 17.5 Å². The lowest BCUT2D eigenvalue weighted by atomic mass is 10.0. The second-order valence-electron chi connectivity index (χ2n) is 12.2. The van der Waals surface area contributed by atoms with Gasteiger partial charge in [0.15, 0.2) is 17.3 Å². The van der Waals surface area contributed by atoms with Crippen molar-refractivity contribution in [3.8, 4) is 5.75 Å². The lowest BCUT2D eigenvalue weighted by Gasteiger charge is -2.42. The van der Waals surface area contributed by atoms with Crippen molar-refractivity contribution < 1.29 is 9.53 Å². The number of ether oxygens (including phenoxy) is 1. The zero-order valence-electron chi connectivity index (χ0n) is 25.8. The van der Waals surface area contributed by atoms with Crippen LogP contribution in [0.4, 0.5) is 23.0 Å². The fraction of sp³-hybridized carbons (Fsp3) is 0.645. The van der Waals surface area contributed by atoms with Crippen LogP contribution in [0, 0.1) is 0 Å². The van der Waals surface area contributed by atoms with Crippen LogP contribution in [0.25, 0.3) is 0 Å². The molecule has 1 atom stereocenters. The van der Waals surface area contributed by atoms with Crippen LogP contribution in [0.2, 0.25) is 0 Å². The number of piperazine rings is 1. The summed E-state index contributed by atoms with van der Waals surface area (Å²) in [5, 5.41) is 10.3. The van der Waals surface area contributed by atoms with Crippen molar-refractivity contribution in [1.82, 2.24) is 25.1 Å². The number of primary amides is 1. The summed E-state index contributed by atoms with van der Waals surface area (Å²) >= 11 is 0. The van der Waals surface area contributed by atoms with Crippen LogP contribution >= 0.6 is 0 Å². The molecular weight excluding hydrogens is 530 g/mol. The average Bonchev–Trinajstić information content (AvgIpc) is 2.98. The molecule has 2 aromatic rings. The quantitative estimate of drug-likeness (QED) is 0.334. The third-order valence-corrected chi connectivity index (χ3v) is 8.62. The SMILES string of the molecule is CCc1nc(C(N)=O)c(Nc2ccc(N3CCC(N4CCN(C)CC4)CC3)c(OC(C)C)c2)nc1N[C@@H]1CCCNC1. The molecule has 0 radical (unpaired) electrons. The van der Waals surface area contributed by atoms with Gasteiger partial charge in [-0.25, -0.2) is 9.97 Å². The van der Waals surface area contributed by atoms with Crippen LogP contribution in [0.1, 0.15) is 62.6 Å². The highest BCUT2D eigenvalue weighted by Crippen LogP contribution is 2.36. The maximum absolute atomic E-state index is 12.4. The largest absolute Gasteiger partial charge is 0.489 e. The van der Waals surface area contributed by atoms with Gasteiger partial charge in [0.1, 0.15) is 5.75 Å². The van der Waals surface area contributed by atoms with Gasteiger partial charge >= 0.3 is 0 Å². The molecule has 0 spiro atoms. The number of nitrogens with two attached hydrogens (primary N) is 1. The van der Waals surface area contributed by atoms with Crippen LogP contribution in [-0.2, 0) is 6.42 Å². The molecule has 1 aromatic heterocycles. The Kier molecular flexibility index (Phi) is 10.0. The van der Waals surface area contributed by atoms with E-state index in [4.69, 9.17) is 15.5 Å². The number of hydrogen-bond donors (Lipinski definition) is 4. The van der Waals surface area contributed by atoms with Crippen molar-refractivity contribution in [2.45, 2.75) is 71.1 Å². The molecule has 1 aromatic carbocycles. The highest BCUT2D eigenvalue weighted by atomic mass is 16.5. The van der Waals surface area contributed by atoms with E-state index in [-0.39, 0.29) is 17.8 Å². The molecule has 3 saturated heterocycles. The highest BCUT2D eigenvalue weighted by Gasteiger charge is 2.28. The van der Waals surface area contributed by atoms with E-state index in [1.807, 2.05) is 32.9 Å². The topological polar surface area (TPSA) is 124 Å². The van der Waals surface area contributed by atoms with Crippen molar-refractivity contribution in [3.63, 3.8) is 0 Å². The number of carbonyl (C=O) groups excluding carboxylic acids is 1. The Balaban J connectivity index is 1.35. The minimum Gasteiger partial charge on any atom is -0.489 e. The van der Waals surface area contributed by atoms with E-state index in [9.17, 15) is 4.79 Å². The molecule has 0 unspecified atom stereocenters. The molecule has 42 heavy (non-hydrogen) atoms. The molecule has 3 aliphatic heterocycles. The van der Waals surface area contributed by atoms with Gasteiger partial charge in [-0.2, -0.15) is 0 Å². The molecule has 0 bridgehead atoms. The highest BCUT2D eigenvalue weighted by molar-refractivity contribution is 5.96. The second-order valence-corrected chi connectivity index (χ2v) is 12.2. The van der Waals surface area contributed by atoms with E-state index in [2.05, 4.69) is 48.7 Å². The first kappa shape index (κ1) is 30.3. The summed E-state index contributed by atoms with van der Waals surface area (Å²) in [4.78, 5) is 29.4. The first-order valence-corrected chi connectivity index (χ1v) is 15.7. The van der Waals surface area contributed by atoms with Crippen LogP contribution in [-0.4, -0.2) is 103 Å². The number of amides is 1. The number of aryl methyl sites for hydroxylation is 1. The Labute approximate surface area is 250 Å². The lowest BCUT2D eigenvalue weighted by molar-refractivity contribution is 0.0981. The summed E-state index contributed by atoms with van der Waals surface area (Å²) in [5.41, 5.74) is 8.51. The predicted octanol–water partition coefficient (Wildman–Crippen LogP) is 3.05. The number of benzene rings is 1. The van der Waals surface area contributed by atoms with Crippen molar-refractivity contribution >= 4 is 28.9 Å². The standard InChI is InChI=1S/C31H49N9O2/c1-5-25-30(35-23-7-6-12-33-20-23)37-31(28(36-25)29(32)41)34-22-8-9-26(27(19-22)42-21(2)3)40-13-10-24(11-14-40)39-17-15-38(4)16-18-39/h8-9,19,21,23-24,33H,5-7,10-18,20H2,1-4H3,(H2,32,41)(H2,34,35,37)/t23-/m1/s1. The van der Waals surface area contributed by atoms with Gasteiger partial charge in [-0.1, -0.05) is 6.92 Å². The molecule has 0 aliphatic carbocycles. The van der Waals surface area contributed by atoms with Crippen LogP contribution < -0.4 is 31.3 Å². The molecule has 1 amide bonds. The monoisotopic (exact) mass is 579 g/mol. The number of anilines is 4. The van der Waals surface area contributed by atoms with Crippen molar-refractivity contribution in [1.29, 1.82) is 0 Å². The van der Waals surface area contributed by atoms with Crippen LogP contribution in [0.15, 0.2) is 18.2 Å². The van der Waals surface area contributed by atoms with Gasteiger partial charge in [0.2, 0.25) is 0 Å². The minimum atomic E-state index is -0.607. The summed E-state index contributed by atoms with van der Waals surface area (Å²) < 4.78 is 6.33. The zero-order chi connectivity index (χ0) is 29.6. The normalized spacial score (nSPS) is 21.0. The molecule has 5 rings (SSSR count). The Morgan fingerprint density at radius 2 is 1.86 bits per heavy atom. The average molecular weight is 580 g/mol. The summed E-state index contributed by atoms with van der Waals surface area (Å²) in [6.07, 6.45) is 5.13. The Morgan fingerprint density at radius 3 is 2.50 bits per heavy atom. The molecule has 230 valence electrons. The summed E-state index contributed by atoms with van der Waals surface area (Å²) in [6, 6.07) is 7.04. The maximum atomic E-state index is 12.4. The number of likely N-dealkylation sites (N-methyl/N-ethyl adjacent to an activating group) is 1. The van der Waals surface area contributed by atoms with E-state index >= 15 is 0 Å². The van der Waals surface area contributed by atoms with E-state index in [0.717, 1.165) is 101 Å². The van der Waals surface area contributed by atoms with Gasteiger partial charge in [-0.15, -0.1) is 0 Å².